The predicted octanol–water partition coefficient (Wildman–Crippen LogP) is -2.02. The number of para-hydroxylation sites is 1. The monoisotopic (exact) mass is 268 g/mol. The van der Waals surface area contributed by atoms with Crippen molar-refractivity contribution in [1.82, 2.24) is 0 Å². The molecule has 1 aromatic rings. The summed E-state index contributed by atoms with van der Waals surface area (Å²) >= 11 is 0. The zero-order valence-corrected chi connectivity index (χ0v) is 12.6. The molecule has 7 heteroatoms. The van der Waals surface area contributed by atoms with Gasteiger partial charge in [0.2, 0.25) is 0 Å². The molecule has 0 N–H and O–H groups in total. The summed E-state index contributed by atoms with van der Waals surface area (Å²) in [6.07, 6.45) is 0. The number of benzene rings is 1. The third kappa shape index (κ3) is 7.03. The van der Waals surface area contributed by atoms with Gasteiger partial charge in [-0.05, 0) is 19.1 Å². The summed E-state index contributed by atoms with van der Waals surface area (Å²) in [6.45, 7) is 1.45. The molecule has 17 heavy (non-hydrogen) atoms. The fourth-order valence-electron chi connectivity index (χ4n) is 0.974. The van der Waals surface area contributed by atoms with Gasteiger partial charge < -0.3 is 14.0 Å². The molecule has 0 aliphatic heterocycles. The maximum atomic E-state index is 10.5. The molecule has 1 atom stereocenters. The average molecular weight is 268 g/mol. The van der Waals surface area contributed by atoms with E-state index in [2.05, 4.69) is 0 Å². The maximum Gasteiger partial charge on any atom is 1.00 e. The molecule has 0 spiro atoms. The van der Waals surface area contributed by atoms with Crippen LogP contribution in [0.2, 0.25) is 0 Å². The third-order valence-corrected chi connectivity index (χ3v) is 2.80. The molecule has 1 aromatic carbocycles. The summed E-state index contributed by atoms with van der Waals surface area (Å²) in [5, 5.41) is 0. The molecule has 0 fully saturated rings. The molecule has 0 amide bonds. The first-order chi connectivity index (χ1) is 7.50. The van der Waals surface area contributed by atoms with Crippen molar-refractivity contribution < 1.29 is 52.0 Å². The van der Waals surface area contributed by atoms with Crippen LogP contribution in [0.1, 0.15) is 6.92 Å². The van der Waals surface area contributed by atoms with Crippen molar-refractivity contribution >= 4 is 10.1 Å². The SMILES string of the molecule is CC(OCCOc1ccccc1)S(=O)(=O)[O-].[Na+]. The first-order valence-electron chi connectivity index (χ1n) is 4.74. The summed E-state index contributed by atoms with van der Waals surface area (Å²) in [5.41, 5.74) is -1.34. The molecule has 0 bridgehead atoms. The molecule has 1 unspecified atom stereocenters. The minimum absolute atomic E-state index is 0. The fraction of sp³-hybridized carbons (Fsp3) is 0.400. The molecule has 90 valence electrons. The number of ether oxygens (including phenoxy) is 2. The molecule has 0 aliphatic carbocycles. The van der Waals surface area contributed by atoms with Gasteiger partial charge in [-0.15, -0.1) is 0 Å². The zero-order chi connectivity index (χ0) is 12.0. The Morgan fingerprint density at radius 1 is 1.24 bits per heavy atom. The van der Waals surface area contributed by atoms with Crippen molar-refractivity contribution in [2.45, 2.75) is 12.4 Å². The van der Waals surface area contributed by atoms with E-state index in [4.69, 9.17) is 9.47 Å². The number of hydrogen-bond donors (Lipinski definition) is 0. The van der Waals surface area contributed by atoms with E-state index in [1.165, 1.54) is 6.92 Å². The van der Waals surface area contributed by atoms with Crippen molar-refractivity contribution in [1.29, 1.82) is 0 Å². The van der Waals surface area contributed by atoms with Crippen molar-refractivity contribution in [3.8, 4) is 5.75 Å². The molecule has 1 rings (SSSR count). The topological polar surface area (TPSA) is 75.7 Å². The Morgan fingerprint density at radius 2 is 1.82 bits per heavy atom. The average Bonchev–Trinajstić information content (AvgIpc) is 2.24. The van der Waals surface area contributed by atoms with Crippen molar-refractivity contribution in [2.75, 3.05) is 13.2 Å². The second-order valence-electron chi connectivity index (χ2n) is 3.09. The molecular formula is C10H13NaO5S. The van der Waals surface area contributed by atoms with Crippen LogP contribution in [0.4, 0.5) is 0 Å². The van der Waals surface area contributed by atoms with E-state index in [0.717, 1.165) is 0 Å². The van der Waals surface area contributed by atoms with E-state index in [9.17, 15) is 13.0 Å². The minimum atomic E-state index is -4.38. The van der Waals surface area contributed by atoms with Crippen LogP contribution in [0.5, 0.6) is 5.75 Å². The van der Waals surface area contributed by atoms with Crippen LogP contribution in [-0.4, -0.2) is 31.6 Å². The maximum absolute atomic E-state index is 10.5. The number of hydrogen-bond acceptors (Lipinski definition) is 5. The molecule has 0 saturated heterocycles. The molecule has 0 heterocycles. The van der Waals surface area contributed by atoms with Gasteiger partial charge in [0.15, 0.2) is 0 Å². The summed E-state index contributed by atoms with van der Waals surface area (Å²) in [7, 11) is -4.38. The standard InChI is InChI=1S/C10H14O5S.Na/c1-9(16(11,12)13)14-7-8-15-10-5-3-2-4-6-10;/h2-6,9H,7-8H2,1H3,(H,11,12,13);/q;+1/p-1. The van der Waals surface area contributed by atoms with Crippen LogP contribution in [0.3, 0.4) is 0 Å². The largest absolute Gasteiger partial charge is 1.00 e. The van der Waals surface area contributed by atoms with E-state index in [-0.39, 0.29) is 42.8 Å². The van der Waals surface area contributed by atoms with Crippen molar-refractivity contribution in [3.63, 3.8) is 0 Å². The van der Waals surface area contributed by atoms with E-state index in [1.807, 2.05) is 18.2 Å². The van der Waals surface area contributed by atoms with Crippen LogP contribution in [0.15, 0.2) is 30.3 Å². The van der Waals surface area contributed by atoms with Crippen LogP contribution in [-0.2, 0) is 14.9 Å². The Balaban J connectivity index is 0.00000256. The Bertz CT molecular complexity index is 406. The Morgan fingerprint density at radius 3 is 2.35 bits per heavy atom. The van der Waals surface area contributed by atoms with Gasteiger partial charge in [-0.3, -0.25) is 0 Å². The van der Waals surface area contributed by atoms with E-state index in [1.54, 1.807) is 12.1 Å². The van der Waals surface area contributed by atoms with Crippen LogP contribution < -0.4 is 34.3 Å². The molecule has 0 aromatic heterocycles. The van der Waals surface area contributed by atoms with Gasteiger partial charge in [-0.25, -0.2) is 8.42 Å². The van der Waals surface area contributed by atoms with Crippen LogP contribution >= 0.6 is 0 Å². The third-order valence-electron chi connectivity index (χ3n) is 1.85. The fourth-order valence-corrected chi connectivity index (χ4v) is 1.24. The van der Waals surface area contributed by atoms with Gasteiger partial charge in [0.05, 0.1) is 6.61 Å². The van der Waals surface area contributed by atoms with Crippen molar-refractivity contribution in [2.24, 2.45) is 0 Å². The first kappa shape index (κ1) is 16.9. The van der Waals surface area contributed by atoms with Gasteiger partial charge in [-0.1, -0.05) is 18.2 Å². The molecule has 0 radical (unpaired) electrons. The van der Waals surface area contributed by atoms with Crippen molar-refractivity contribution in [3.05, 3.63) is 30.3 Å². The van der Waals surface area contributed by atoms with Gasteiger partial charge in [0.25, 0.3) is 0 Å². The van der Waals surface area contributed by atoms with Gasteiger partial charge in [0.1, 0.15) is 27.9 Å². The van der Waals surface area contributed by atoms with Gasteiger partial charge >= 0.3 is 29.6 Å². The van der Waals surface area contributed by atoms with E-state index >= 15 is 0 Å². The molecule has 0 aliphatic rings. The smallest absolute Gasteiger partial charge is 0.746 e. The summed E-state index contributed by atoms with van der Waals surface area (Å²) in [5.74, 6) is 0.670. The Hall–Kier alpha value is -0.110. The Labute approximate surface area is 123 Å². The second-order valence-corrected chi connectivity index (χ2v) is 4.74. The normalized spacial score (nSPS) is 12.6. The quantitative estimate of drug-likeness (QED) is 0.338. The van der Waals surface area contributed by atoms with Gasteiger partial charge in [-0.2, -0.15) is 0 Å². The second kappa shape index (κ2) is 8.07. The summed E-state index contributed by atoms with van der Waals surface area (Å²) in [4.78, 5) is 0. The predicted molar refractivity (Wildman–Crippen MR) is 57.0 cm³/mol. The molecule has 5 nitrogen and oxygen atoms in total. The number of rotatable bonds is 6. The van der Waals surface area contributed by atoms with E-state index < -0.39 is 15.6 Å². The van der Waals surface area contributed by atoms with Crippen LogP contribution in [0, 0.1) is 0 Å². The first-order valence-corrected chi connectivity index (χ1v) is 6.21. The minimum Gasteiger partial charge on any atom is -0.746 e. The van der Waals surface area contributed by atoms with E-state index in [0.29, 0.717) is 5.75 Å². The summed E-state index contributed by atoms with van der Waals surface area (Å²) < 4.78 is 41.5. The molecular weight excluding hydrogens is 255 g/mol. The summed E-state index contributed by atoms with van der Waals surface area (Å²) in [6, 6.07) is 9.04. The Kier molecular flexibility index (Phi) is 8.02. The zero-order valence-electron chi connectivity index (χ0n) is 9.83. The van der Waals surface area contributed by atoms with Gasteiger partial charge in [0, 0.05) is 0 Å². The molecule has 0 saturated carbocycles. The van der Waals surface area contributed by atoms with Crippen LogP contribution in [0.25, 0.3) is 0 Å².